The molecule has 0 saturated heterocycles. The standard InChI is InChI=1S/C14H23N3O/c1-10(2)6-12(8-15)7-14(18)17-13-5-4-11(3)16-9-13/h4-5,9-10,12H,6-8,15H2,1-3H3,(H,17,18). The van der Waals surface area contributed by atoms with Gasteiger partial charge in [-0.3, -0.25) is 9.78 Å². The first-order chi connectivity index (χ1) is 8.51. The monoisotopic (exact) mass is 249 g/mol. The Labute approximate surface area is 109 Å². The lowest BCUT2D eigenvalue weighted by Gasteiger charge is -2.16. The minimum atomic E-state index is 0.0109. The molecule has 0 aromatic carbocycles. The SMILES string of the molecule is Cc1ccc(NC(=O)CC(CN)CC(C)C)cn1. The Hall–Kier alpha value is -1.42. The predicted molar refractivity (Wildman–Crippen MR) is 74.2 cm³/mol. The van der Waals surface area contributed by atoms with Crippen LogP contribution in [0.3, 0.4) is 0 Å². The summed E-state index contributed by atoms with van der Waals surface area (Å²) in [6.07, 6.45) is 3.13. The van der Waals surface area contributed by atoms with Gasteiger partial charge >= 0.3 is 0 Å². The molecule has 0 aliphatic carbocycles. The van der Waals surface area contributed by atoms with Crippen molar-refractivity contribution in [2.24, 2.45) is 17.6 Å². The van der Waals surface area contributed by atoms with Crippen molar-refractivity contribution in [2.75, 3.05) is 11.9 Å². The van der Waals surface area contributed by atoms with Gasteiger partial charge in [-0.25, -0.2) is 0 Å². The molecular weight excluding hydrogens is 226 g/mol. The Morgan fingerprint density at radius 1 is 1.44 bits per heavy atom. The molecule has 0 aliphatic rings. The van der Waals surface area contributed by atoms with Crippen LogP contribution in [0.4, 0.5) is 5.69 Å². The summed E-state index contributed by atoms with van der Waals surface area (Å²) in [6, 6.07) is 3.74. The van der Waals surface area contributed by atoms with Gasteiger partial charge in [0, 0.05) is 12.1 Å². The number of nitrogens with two attached hydrogens (primary N) is 1. The molecule has 1 unspecified atom stereocenters. The maximum absolute atomic E-state index is 11.9. The van der Waals surface area contributed by atoms with Crippen LogP contribution >= 0.6 is 0 Å². The van der Waals surface area contributed by atoms with Gasteiger partial charge in [-0.15, -0.1) is 0 Å². The van der Waals surface area contributed by atoms with E-state index >= 15 is 0 Å². The number of hydrogen-bond acceptors (Lipinski definition) is 3. The van der Waals surface area contributed by atoms with E-state index < -0.39 is 0 Å². The van der Waals surface area contributed by atoms with Gasteiger partial charge in [0.2, 0.25) is 5.91 Å². The highest BCUT2D eigenvalue weighted by Gasteiger charge is 2.14. The number of aryl methyl sites for hydroxylation is 1. The minimum absolute atomic E-state index is 0.0109. The molecule has 100 valence electrons. The first kappa shape index (κ1) is 14.6. The molecule has 3 N–H and O–H groups in total. The fourth-order valence-corrected chi connectivity index (χ4v) is 1.95. The van der Waals surface area contributed by atoms with Gasteiger partial charge in [0.1, 0.15) is 0 Å². The molecule has 1 aromatic heterocycles. The van der Waals surface area contributed by atoms with Crippen LogP contribution in [0.15, 0.2) is 18.3 Å². The molecule has 0 fully saturated rings. The normalized spacial score (nSPS) is 12.5. The summed E-state index contributed by atoms with van der Waals surface area (Å²) >= 11 is 0. The Balaban J connectivity index is 2.47. The van der Waals surface area contributed by atoms with Crippen molar-refractivity contribution in [1.82, 2.24) is 4.98 Å². The lowest BCUT2D eigenvalue weighted by molar-refractivity contribution is -0.117. The molecule has 1 rings (SSSR count). The number of carbonyl (C=O) groups excluding carboxylic acids is 1. The molecular formula is C14H23N3O. The third-order valence-corrected chi connectivity index (χ3v) is 2.81. The number of carbonyl (C=O) groups is 1. The summed E-state index contributed by atoms with van der Waals surface area (Å²) in [5.74, 6) is 0.826. The summed E-state index contributed by atoms with van der Waals surface area (Å²) in [5, 5.41) is 2.85. The van der Waals surface area contributed by atoms with Gasteiger partial charge in [-0.2, -0.15) is 0 Å². The molecule has 1 aromatic rings. The van der Waals surface area contributed by atoms with Crippen LogP contribution in [-0.2, 0) is 4.79 Å². The Morgan fingerprint density at radius 2 is 2.17 bits per heavy atom. The maximum Gasteiger partial charge on any atom is 0.224 e. The average Bonchev–Trinajstić information content (AvgIpc) is 2.30. The highest BCUT2D eigenvalue weighted by molar-refractivity contribution is 5.90. The van der Waals surface area contributed by atoms with Crippen molar-refractivity contribution in [2.45, 2.75) is 33.6 Å². The molecule has 4 heteroatoms. The number of rotatable bonds is 6. The summed E-state index contributed by atoms with van der Waals surface area (Å²) in [5.41, 5.74) is 7.37. The van der Waals surface area contributed by atoms with E-state index in [1.165, 1.54) is 0 Å². The van der Waals surface area contributed by atoms with E-state index in [4.69, 9.17) is 5.73 Å². The van der Waals surface area contributed by atoms with Crippen molar-refractivity contribution >= 4 is 11.6 Å². The molecule has 1 atom stereocenters. The van der Waals surface area contributed by atoms with Gasteiger partial charge in [0.15, 0.2) is 0 Å². The highest BCUT2D eigenvalue weighted by Crippen LogP contribution is 2.15. The summed E-state index contributed by atoms with van der Waals surface area (Å²) in [6.45, 7) is 6.76. The molecule has 0 radical (unpaired) electrons. The zero-order valence-corrected chi connectivity index (χ0v) is 11.4. The maximum atomic E-state index is 11.9. The van der Waals surface area contributed by atoms with Crippen LogP contribution in [0, 0.1) is 18.8 Å². The third kappa shape index (κ3) is 5.27. The van der Waals surface area contributed by atoms with Crippen LogP contribution in [-0.4, -0.2) is 17.4 Å². The van der Waals surface area contributed by atoms with Crippen LogP contribution < -0.4 is 11.1 Å². The van der Waals surface area contributed by atoms with E-state index in [1.807, 2.05) is 19.1 Å². The van der Waals surface area contributed by atoms with E-state index in [0.717, 1.165) is 17.8 Å². The van der Waals surface area contributed by atoms with Gasteiger partial charge in [-0.1, -0.05) is 13.8 Å². The van der Waals surface area contributed by atoms with Gasteiger partial charge < -0.3 is 11.1 Å². The van der Waals surface area contributed by atoms with Crippen LogP contribution in [0.1, 0.15) is 32.4 Å². The number of nitrogens with one attached hydrogen (secondary N) is 1. The van der Waals surface area contributed by atoms with Crippen molar-refractivity contribution in [3.63, 3.8) is 0 Å². The number of amides is 1. The third-order valence-electron chi connectivity index (χ3n) is 2.81. The summed E-state index contributed by atoms with van der Waals surface area (Å²) < 4.78 is 0. The van der Waals surface area contributed by atoms with E-state index in [1.54, 1.807) is 6.20 Å². The zero-order valence-electron chi connectivity index (χ0n) is 11.4. The molecule has 4 nitrogen and oxygen atoms in total. The second-order valence-corrected chi connectivity index (χ2v) is 5.17. The second kappa shape index (κ2) is 7.11. The van der Waals surface area contributed by atoms with Gasteiger partial charge in [0.05, 0.1) is 11.9 Å². The quantitative estimate of drug-likeness (QED) is 0.813. The smallest absolute Gasteiger partial charge is 0.224 e. The van der Waals surface area contributed by atoms with Crippen molar-refractivity contribution in [3.05, 3.63) is 24.0 Å². The topological polar surface area (TPSA) is 68.0 Å². The second-order valence-electron chi connectivity index (χ2n) is 5.17. The van der Waals surface area contributed by atoms with E-state index in [2.05, 4.69) is 24.1 Å². The molecule has 0 saturated carbocycles. The zero-order chi connectivity index (χ0) is 13.5. The van der Waals surface area contributed by atoms with E-state index in [0.29, 0.717) is 18.9 Å². The molecule has 0 aliphatic heterocycles. The Kier molecular flexibility index (Phi) is 5.78. The molecule has 0 spiro atoms. The minimum Gasteiger partial charge on any atom is -0.330 e. The van der Waals surface area contributed by atoms with Crippen LogP contribution in [0.2, 0.25) is 0 Å². The van der Waals surface area contributed by atoms with Crippen LogP contribution in [0.5, 0.6) is 0 Å². The number of nitrogens with zero attached hydrogens (tertiary/aromatic N) is 1. The number of hydrogen-bond donors (Lipinski definition) is 2. The highest BCUT2D eigenvalue weighted by atomic mass is 16.1. The lowest BCUT2D eigenvalue weighted by Crippen LogP contribution is -2.23. The summed E-state index contributed by atoms with van der Waals surface area (Å²) in [4.78, 5) is 16.0. The molecule has 1 heterocycles. The van der Waals surface area contributed by atoms with Crippen molar-refractivity contribution in [1.29, 1.82) is 0 Å². The van der Waals surface area contributed by atoms with Crippen molar-refractivity contribution in [3.8, 4) is 0 Å². The number of aromatic nitrogens is 1. The largest absolute Gasteiger partial charge is 0.330 e. The molecule has 18 heavy (non-hydrogen) atoms. The van der Waals surface area contributed by atoms with E-state index in [9.17, 15) is 4.79 Å². The number of pyridine rings is 1. The lowest BCUT2D eigenvalue weighted by atomic mass is 9.94. The van der Waals surface area contributed by atoms with Gasteiger partial charge in [-0.05, 0) is 43.9 Å². The molecule has 1 amide bonds. The molecule has 0 bridgehead atoms. The average molecular weight is 249 g/mol. The van der Waals surface area contributed by atoms with E-state index in [-0.39, 0.29) is 11.8 Å². The van der Waals surface area contributed by atoms with Crippen molar-refractivity contribution < 1.29 is 4.79 Å². The summed E-state index contributed by atoms with van der Waals surface area (Å²) in [7, 11) is 0. The number of anilines is 1. The van der Waals surface area contributed by atoms with Crippen LogP contribution in [0.25, 0.3) is 0 Å². The fourth-order valence-electron chi connectivity index (χ4n) is 1.95. The Bertz CT molecular complexity index is 373. The first-order valence-corrected chi connectivity index (χ1v) is 6.43. The fraction of sp³-hybridized carbons (Fsp3) is 0.571. The first-order valence-electron chi connectivity index (χ1n) is 6.43. The Morgan fingerprint density at radius 3 is 2.67 bits per heavy atom. The van der Waals surface area contributed by atoms with Gasteiger partial charge in [0.25, 0.3) is 0 Å². The predicted octanol–water partition coefficient (Wildman–Crippen LogP) is 2.34.